The minimum absolute atomic E-state index is 0.171. The Morgan fingerprint density at radius 2 is 1.35 bits per heavy atom. The quantitative estimate of drug-likeness (QED) is 0.247. The predicted octanol–water partition coefficient (Wildman–Crippen LogP) is 6.55. The molecule has 0 saturated heterocycles. The number of rotatable bonds is 10. The van der Waals surface area contributed by atoms with E-state index >= 15 is 0 Å². The number of carbonyl (C=O) groups excluding carboxylic acids is 1. The minimum atomic E-state index is -8.06. The second kappa shape index (κ2) is 9.87. The van der Waals surface area contributed by atoms with Crippen molar-refractivity contribution in [3.63, 3.8) is 0 Å². The lowest BCUT2D eigenvalue weighted by molar-refractivity contribution is -0.436. The van der Waals surface area contributed by atoms with Gasteiger partial charge >= 0.3 is 35.8 Å². The molecule has 0 saturated carbocycles. The Kier molecular flexibility index (Phi) is 8.14. The molecular weight excluding hydrogens is 569 g/mol. The summed E-state index contributed by atoms with van der Waals surface area (Å²) in [4.78, 5) is 15.4. The van der Waals surface area contributed by atoms with Gasteiger partial charge in [-0.25, -0.2) is 0 Å². The van der Waals surface area contributed by atoms with Gasteiger partial charge in [0.05, 0.1) is 5.52 Å². The summed E-state index contributed by atoms with van der Waals surface area (Å²) in [6.07, 6.45) is -6.53. The maximum absolute atomic E-state index is 13.8. The first-order valence-corrected chi connectivity index (χ1v) is 10.0. The number of nitrogens with zero attached hydrogens (tertiary/aromatic N) is 1. The van der Waals surface area contributed by atoms with Crippen molar-refractivity contribution < 1.29 is 61.9 Å². The first kappa shape index (κ1) is 30.5. The number of aromatic nitrogens is 1. The number of halogens is 14. The molecule has 0 bridgehead atoms. The number of alkyl halides is 13. The van der Waals surface area contributed by atoms with Crippen molar-refractivity contribution in [1.82, 2.24) is 10.3 Å². The van der Waals surface area contributed by atoms with Gasteiger partial charge in [0.25, 0.3) is 5.91 Å². The van der Waals surface area contributed by atoms with Gasteiger partial charge < -0.3 is 10.6 Å². The minimum Gasteiger partial charge on any atom is -0.384 e. The molecule has 18 heteroatoms. The molecule has 1 amide bonds. The van der Waals surface area contributed by atoms with E-state index in [0.29, 0.717) is 21.6 Å². The molecule has 2 rings (SSSR count). The Labute approximate surface area is 203 Å². The van der Waals surface area contributed by atoms with Crippen LogP contribution in [0.25, 0.3) is 10.9 Å². The molecule has 2 N–H and O–H groups in total. The van der Waals surface area contributed by atoms with Gasteiger partial charge in [-0.05, 0) is 30.7 Å². The van der Waals surface area contributed by atoms with Gasteiger partial charge in [-0.1, -0.05) is 11.6 Å². The molecule has 0 unspecified atom stereocenters. The first-order valence-electron chi connectivity index (χ1n) is 9.65. The zero-order valence-corrected chi connectivity index (χ0v) is 18.4. The van der Waals surface area contributed by atoms with Gasteiger partial charge in [0, 0.05) is 35.4 Å². The average Bonchev–Trinajstić information content (AvgIpc) is 2.77. The van der Waals surface area contributed by atoms with E-state index in [1.165, 1.54) is 24.4 Å². The summed E-state index contributed by atoms with van der Waals surface area (Å²) in [5, 5.41) is 4.65. The normalized spacial score (nSPS) is 14.1. The van der Waals surface area contributed by atoms with E-state index in [1.54, 1.807) is 6.07 Å². The largest absolute Gasteiger partial charge is 0.460 e. The topological polar surface area (TPSA) is 54.0 Å². The van der Waals surface area contributed by atoms with Gasteiger partial charge in [-0.15, -0.1) is 0 Å². The predicted molar refractivity (Wildman–Crippen MR) is 104 cm³/mol. The molecule has 0 fully saturated rings. The van der Waals surface area contributed by atoms with Crippen LogP contribution in [0.4, 0.5) is 62.8 Å². The Balaban J connectivity index is 2.08. The SMILES string of the molecule is O=C(NCCCNc1ccnc2cc(Cl)ccc12)C(F)(F)C(F)(F)C(F)(F)C(F)(F)C(F)(F)C(F)(F)F. The molecule has 0 atom stereocenters. The van der Waals surface area contributed by atoms with Gasteiger partial charge in [-0.2, -0.15) is 57.1 Å². The van der Waals surface area contributed by atoms with Crippen LogP contribution in [-0.4, -0.2) is 59.8 Å². The third-order valence-corrected chi connectivity index (χ3v) is 5.11. The Bertz CT molecular complexity index is 1140. The van der Waals surface area contributed by atoms with Crippen LogP contribution in [-0.2, 0) is 4.79 Å². The van der Waals surface area contributed by atoms with E-state index < -0.39 is 48.2 Å². The standard InChI is InChI=1S/C19H13ClF13N3O/c20-9-2-3-10-11(4-7-35-12(10)8-9)34-5-1-6-36-13(37)14(21,22)15(23,24)16(25,26)17(27,28)18(29,30)19(31,32)33/h2-4,7-8H,1,5-6H2,(H,34,35)(H,36,37). The Morgan fingerprint density at radius 3 is 1.92 bits per heavy atom. The summed E-state index contributed by atoms with van der Waals surface area (Å²) < 4.78 is 170. The van der Waals surface area contributed by atoms with E-state index in [0.717, 1.165) is 5.32 Å². The maximum atomic E-state index is 13.8. The number of amides is 1. The molecule has 0 radical (unpaired) electrons. The number of nitrogens with one attached hydrogen (secondary N) is 2. The highest BCUT2D eigenvalue weighted by molar-refractivity contribution is 6.31. The number of fused-ring (bicyclic) bond motifs is 1. The van der Waals surface area contributed by atoms with Crippen LogP contribution in [0.3, 0.4) is 0 Å². The van der Waals surface area contributed by atoms with Crippen LogP contribution < -0.4 is 10.6 Å². The second-order valence-corrected chi connectivity index (χ2v) is 7.86. The number of pyridine rings is 1. The molecule has 0 aliphatic rings. The fourth-order valence-corrected chi connectivity index (χ4v) is 2.98. The number of benzene rings is 1. The fourth-order valence-electron chi connectivity index (χ4n) is 2.81. The summed E-state index contributed by atoms with van der Waals surface area (Å²) in [5.74, 6) is -41.7. The zero-order chi connectivity index (χ0) is 28.7. The molecule has 208 valence electrons. The van der Waals surface area contributed by atoms with Crippen molar-refractivity contribution in [2.45, 2.75) is 42.2 Å². The molecule has 1 aromatic heterocycles. The molecule has 4 nitrogen and oxygen atoms in total. The molecular formula is C19H13ClF13N3O. The molecule has 2 aromatic rings. The second-order valence-electron chi connectivity index (χ2n) is 7.43. The van der Waals surface area contributed by atoms with Gasteiger partial charge in [0.15, 0.2) is 0 Å². The fraction of sp³-hybridized carbons (Fsp3) is 0.474. The van der Waals surface area contributed by atoms with Crippen LogP contribution in [0.5, 0.6) is 0 Å². The van der Waals surface area contributed by atoms with Crippen molar-refractivity contribution in [2.75, 3.05) is 18.4 Å². The van der Waals surface area contributed by atoms with Crippen LogP contribution >= 0.6 is 11.6 Å². The van der Waals surface area contributed by atoms with E-state index in [9.17, 15) is 61.9 Å². The van der Waals surface area contributed by atoms with Crippen LogP contribution in [0.1, 0.15) is 6.42 Å². The van der Waals surface area contributed by atoms with Crippen molar-refractivity contribution in [1.29, 1.82) is 0 Å². The molecule has 37 heavy (non-hydrogen) atoms. The van der Waals surface area contributed by atoms with Crippen LogP contribution in [0.15, 0.2) is 30.5 Å². The monoisotopic (exact) mass is 581 g/mol. The smallest absolute Gasteiger partial charge is 0.384 e. The highest BCUT2D eigenvalue weighted by Gasteiger charge is 2.91. The summed E-state index contributed by atoms with van der Waals surface area (Å²) >= 11 is 5.82. The summed E-state index contributed by atoms with van der Waals surface area (Å²) in [7, 11) is 0. The maximum Gasteiger partial charge on any atom is 0.460 e. The third-order valence-electron chi connectivity index (χ3n) is 4.88. The van der Waals surface area contributed by atoms with E-state index in [-0.39, 0.29) is 13.0 Å². The summed E-state index contributed by atoms with van der Waals surface area (Å²) in [5.41, 5.74) is 0.846. The first-order chi connectivity index (χ1) is 16.6. The van der Waals surface area contributed by atoms with Gasteiger partial charge in [0.1, 0.15) is 0 Å². The van der Waals surface area contributed by atoms with E-state index in [4.69, 9.17) is 11.6 Å². The Hall–Kier alpha value is -2.72. The molecule has 1 heterocycles. The van der Waals surface area contributed by atoms with Crippen molar-refractivity contribution in [2.24, 2.45) is 0 Å². The molecule has 0 aliphatic carbocycles. The average molecular weight is 582 g/mol. The van der Waals surface area contributed by atoms with Crippen molar-refractivity contribution in [3.05, 3.63) is 35.5 Å². The number of anilines is 1. The lowest BCUT2D eigenvalue weighted by Gasteiger charge is -2.39. The highest BCUT2D eigenvalue weighted by atomic mass is 35.5. The molecule has 0 spiro atoms. The number of carbonyl (C=O) groups is 1. The summed E-state index contributed by atoms with van der Waals surface area (Å²) in [6, 6.07) is 6.01. The lowest BCUT2D eigenvalue weighted by Crippen LogP contribution is -2.72. The number of hydrogen-bond acceptors (Lipinski definition) is 3. The number of hydrogen-bond donors (Lipinski definition) is 2. The van der Waals surface area contributed by atoms with Gasteiger partial charge in [-0.3, -0.25) is 9.78 Å². The third kappa shape index (κ3) is 5.18. The van der Waals surface area contributed by atoms with Crippen LogP contribution in [0, 0.1) is 0 Å². The zero-order valence-electron chi connectivity index (χ0n) is 17.7. The van der Waals surface area contributed by atoms with Crippen molar-refractivity contribution in [3.8, 4) is 0 Å². The Morgan fingerprint density at radius 1 is 0.784 bits per heavy atom. The summed E-state index contributed by atoms with van der Waals surface area (Å²) in [6.45, 7) is -1.12. The van der Waals surface area contributed by atoms with Crippen molar-refractivity contribution >= 4 is 34.1 Å². The lowest BCUT2D eigenvalue weighted by atomic mass is 9.93. The van der Waals surface area contributed by atoms with Gasteiger partial charge in [0.2, 0.25) is 0 Å². The van der Waals surface area contributed by atoms with E-state index in [2.05, 4.69) is 10.3 Å². The highest BCUT2D eigenvalue weighted by Crippen LogP contribution is 2.60. The molecule has 0 aliphatic heterocycles. The van der Waals surface area contributed by atoms with E-state index in [1.807, 2.05) is 0 Å². The molecule has 1 aromatic carbocycles. The van der Waals surface area contributed by atoms with Crippen LogP contribution in [0.2, 0.25) is 5.02 Å².